The van der Waals surface area contributed by atoms with Crippen LogP contribution in [0.3, 0.4) is 0 Å². The number of hydrogen-bond acceptors (Lipinski definition) is 5. The fraction of sp³-hybridized carbons (Fsp3) is 0.467. The Bertz CT molecular complexity index is 1200. The van der Waals surface area contributed by atoms with Crippen molar-refractivity contribution in [3.63, 3.8) is 0 Å². The lowest BCUT2D eigenvalue weighted by molar-refractivity contribution is -0.144. The molecule has 212 valence electrons. The zero-order valence-corrected chi connectivity index (χ0v) is 24.3. The first-order valence-electron chi connectivity index (χ1n) is 13.2. The largest absolute Gasteiger partial charge is 0.444 e. The number of ether oxygens (including phenoxy) is 1. The number of hydrogen-bond donors (Lipinski definition) is 3. The van der Waals surface area contributed by atoms with Crippen molar-refractivity contribution >= 4 is 29.5 Å². The molecule has 0 spiro atoms. The molecule has 2 aromatic rings. The zero-order chi connectivity index (χ0) is 29.5. The molecule has 0 aromatic heterocycles. The molecule has 0 radical (unpaired) electrons. The number of primary amides is 1. The molecule has 0 aliphatic carbocycles. The van der Waals surface area contributed by atoms with Crippen molar-refractivity contribution in [2.24, 2.45) is 5.73 Å². The number of amides is 4. The van der Waals surface area contributed by atoms with Crippen molar-refractivity contribution < 1.29 is 23.9 Å². The number of rotatable bonds is 10. The molecule has 4 amide bonds. The summed E-state index contributed by atoms with van der Waals surface area (Å²) >= 11 is 0. The summed E-state index contributed by atoms with van der Waals surface area (Å²) in [5, 5.41) is 5.49. The van der Waals surface area contributed by atoms with E-state index in [1.54, 1.807) is 26.8 Å². The van der Waals surface area contributed by atoms with E-state index >= 15 is 0 Å². The number of carbonyl (C=O) groups excluding carboxylic acids is 4. The number of alkyl carbamates (subject to hydrolysis) is 1. The average molecular weight is 539 g/mol. The SMILES string of the molecule is CCC(C)N(C(=O)C(CC(N)=O)NC(=O)OC(C)(C)C)C(C(=O)Nc1ccccc1C)c1cccc(C)c1C. The van der Waals surface area contributed by atoms with Gasteiger partial charge in [-0.25, -0.2) is 4.79 Å². The third-order valence-electron chi connectivity index (χ3n) is 6.59. The highest BCUT2D eigenvalue weighted by molar-refractivity contribution is 6.00. The minimum absolute atomic E-state index is 0.415. The molecule has 39 heavy (non-hydrogen) atoms. The second-order valence-electron chi connectivity index (χ2n) is 10.9. The number of para-hydroxylation sites is 1. The number of nitrogens with zero attached hydrogens (tertiary/aromatic N) is 1. The maximum atomic E-state index is 14.2. The van der Waals surface area contributed by atoms with Crippen LogP contribution in [0.1, 0.15) is 75.8 Å². The standard InChI is InChI=1S/C30H42N4O5/c1-9-20(4)34(28(37)24(17-25(31)35)33-29(38)39-30(6,7)8)26(22-15-12-14-18(2)21(22)5)27(36)32-23-16-11-10-13-19(23)3/h10-16,20,24,26H,9,17H2,1-8H3,(H2,31,35)(H,32,36)(H,33,38). The van der Waals surface area contributed by atoms with Crippen molar-refractivity contribution in [3.8, 4) is 0 Å². The van der Waals surface area contributed by atoms with Gasteiger partial charge in [0.2, 0.25) is 11.8 Å². The summed E-state index contributed by atoms with van der Waals surface area (Å²) in [6, 6.07) is 10.2. The van der Waals surface area contributed by atoms with Gasteiger partial charge in [0.05, 0.1) is 6.42 Å². The first kappa shape index (κ1) is 31.3. The molecule has 0 saturated heterocycles. The smallest absolute Gasteiger partial charge is 0.408 e. The van der Waals surface area contributed by atoms with Gasteiger partial charge in [0, 0.05) is 11.7 Å². The molecule has 9 heteroatoms. The van der Waals surface area contributed by atoms with Crippen LogP contribution in [0, 0.1) is 20.8 Å². The Kier molecular flexibility index (Phi) is 10.7. The fourth-order valence-corrected chi connectivity index (χ4v) is 4.23. The van der Waals surface area contributed by atoms with Gasteiger partial charge in [0.25, 0.3) is 5.91 Å². The van der Waals surface area contributed by atoms with Crippen LogP contribution in [0.2, 0.25) is 0 Å². The topological polar surface area (TPSA) is 131 Å². The van der Waals surface area contributed by atoms with Gasteiger partial charge in [-0.05, 0) is 83.2 Å². The van der Waals surface area contributed by atoms with Gasteiger partial charge in [-0.2, -0.15) is 0 Å². The van der Waals surface area contributed by atoms with Crippen LogP contribution in [0.15, 0.2) is 42.5 Å². The van der Waals surface area contributed by atoms with Crippen molar-refractivity contribution in [2.45, 2.75) is 92.0 Å². The van der Waals surface area contributed by atoms with Crippen molar-refractivity contribution in [1.29, 1.82) is 0 Å². The molecule has 2 aromatic carbocycles. The Labute approximate surface area is 231 Å². The Hall–Kier alpha value is -3.88. The van der Waals surface area contributed by atoms with Gasteiger partial charge in [-0.15, -0.1) is 0 Å². The van der Waals surface area contributed by atoms with Crippen LogP contribution in [0.5, 0.6) is 0 Å². The molecule has 3 atom stereocenters. The molecule has 0 aliphatic rings. The number of benzene rings is 2. The lowest BCUT2D eigenvalue weighted by Crippen LogP contribution is -2.55. The summed E-state index contributed by atoms with van der Waals surface area (Å²) in [7, 11) is 0. The summed E-state index contributed by atoms with van der Waals surface area (Å²) < 4.78 is 5.33. The third kappa shape index (κ3) is 8.56. The Morgan fingerprint density at radius 3 is 2.15 bits per heavy atom. The number of carbonyl (C=O) groups is 4. The van der Waals surface area contributed by atoms with Crippen molar-refractivity contribution in [2.75, 3.05) is 5.32 Å². The van der Waals surface area contributed by atoms with E-state index in [1.807, 2.05) is 71.0 Å². The summed E-state index contributed by atoms with van der Waals surface area (Å²) in [4.78, 5) is 54.3. The molecular weight excluding hydrogens is 496 g/mol. The maximum Gasteiger partial charge on any atom is 0.408 e. The van der Waals surface area contributed by atoms with E-state index in [0.717, 1.165) is 16.7 Å². The van der Waals surface area contributed by atoms with Crippen LogP contribution in [-0.4, -0.2) is 46.4 Å². The Balaban J connectivity index is 2.65. The van der Waals surface area contributed by atoms with Crippen LogP contribution < -0.4 is 16.4 Å². The normalized spacial score (nSPS) is 13.5. The van der Waals surface area contributed by atoms with Crippen LogP contribution >= 0.6 is 0 Å². The average Bonchev–Trinajstić information content (AvgIpc) is 2.83. The predicted molar refractivity (Wildman–Crippen MR) is 152 cm³/mol. The quantitative estimate of drug-likeness (QED) is 0.404. The highest BCUT2D eigenvalue weighted by atomic mass is 16.6. The van der Waals surface area contributed by atoms with Gasteiger partial charge in [0.1, 0.15) is 17.7 Å². The zero-order valence-electron chi connectivity index (χ0n) is 24.3. The molecule has 0 bridgehead atoms. The van der Waals surface area contributed by atoms with Crippen molar-refractivity contribution in [1.82, 2.24) is 10.2 Å². The van der Waals surface area contributed by atoms with E-state index in [-0.39, 0.29) is 0 Å². The Morgan fingerprint density at radius 1 is 0.974 bits per heavy atom. The van der Waals surface area contributed by atoms with Crippen LogP contribution in [0.4, 0.5) is 10.5 Å². The maximum absolute atomic E-state index is 14.2. The van der Waals surface area contributed by atoms with E-state index in [1.165, 1.54) is 4.90 Å². The highest BCUT2D eigenvalue weighted by Crippen LogP contribution is 2.31. The van der Waals surface area contributed by atoms with Crippen molar-refractivity contribution in [3.05, 3.63) is 64.7 Å². The second-order valence-corrected chi connectivity index (χ2v) is 10.9. The van der Waals surface area contributed by atoms with Gasteiger partial charge in [0.15, 0.2) is 0 Å². The molecule has 4 N–H and O–H groups in total. The van der Waals surface area contributed by atoms with E-state index in [2.05, 4.69) is 10.6 Å². The monoisotopic (exact) mass is 538 g/mol. The molecule has 0 fully saturated rings. The number of nitrogens with one attached hydrogen (secondary N) is 2. The van der Waals surface area contributed by atoms with Gasteiger partial charge in [-0.1, -0.05) is 43.3 Å². The highest BCUT2D eigenvalue weighted by Gasteiger charge is 2.39. The molecule has 0 aliphatic heterocycles. The van der Waals surface area contributed by atoms with E-state index < -0.39 is 54.0 Å². The number of anilines is 1. The number of aryl methyl sites for hydroxylation is 2. The molecule has 3 unspecified atom stereocenters. The summed E-state index contributed by atoms with van der Waals surface area (Å²) in [6.45, 7) is 14.5. The van der Waals surface area contributed by atoms with E-state index in [0.29, 0.717) is 17.7 Å². The minimum atomic E-state index is -1.33. The van der Waals surface area contributed by atoms with Crippen LogP contribution in [0.25, 0.3) is 0 Å². The molecular formula is C30H42N4O5. The molecule has 2 rings (SSSR count). The first-order valence-corrected chi connectivity index (χ1v) is 13.2. The Morgan fingerprint density at radius 2 is 1.59 bits per heavy atom. The fourth-order valence-electron chi connectivity index (χ4n) is 4.23. The van der Waals surface area contributed by atoms with Gasteiger partial charge < -0.3 is 26.0 Å². The summed E-state index contributed by atoms with van der Waals surface area (Å²) in [5.74, 6) is -1.80. The summed E-state index contributed by atoms with van der Waals surface area (Å²) in [6.07, 6.45) is -0.802. The molecule has 9 nitrogen and oxygen atoms in total. The molecule has 0 heterocycles. The van der Waals surface area contributed by atoms with E-state index in [4.69, 9.17) is 10.5 Å². The first-order chi connectivity index (χ1) is 18.2. The van der Waals surface area contributed by atoms with E-state index in [9.17, 15) is 19.2 Å². The van der Waals surface area contributed by atoms with Crippen LogP contribution in [-0.2, 0) is 19.1 Å². The predicted octanol–water partition coefficient (Wildman–Crippen LogP) is 4.69. The third-order valence-corrected chi connectivity index (χ3v) is 6.59. The lowest BCUT2D eigenvalue weighted by Gasteiger charge is -2.38. The number of nitrogens with two attached hydrogens (primary N) is 1. The second kappa shape index (κ2) is 13.3. The minimum Gasteiger partial charge on any atom is -0.444 e. The summed E-state index contributed by atoms with van der Waals surface area (Å²) in [5.41, 5.74) is 8.59. The lowest BCUT2D eigenvalue weighted by atomic mass is 9.93. The van der Waals surface area contributed by atoms with Gasteiger partial charge in [-0.3, -0.25) is 14.4 Å². The molecule has 0 saturated carbocycles. The van der Waals surface area contributed by atoms with Gasteiger partial charge >= 0.3 is 6.09 Å².